The number of hydrogen-bond donors (Lipinski definition) is 1. The van der Waals surface area contributed by atoms with E-state index in [1.807, 2.05) is 32.0 Å². The van der Waals surface area contributed by atoms with Gasteiger partial charge in [0.1, 0.15) is 21.3 Å². The number of nitrogens with zero attached hydrogens (tertiary/aromatic N) is 3. The maximum Gasteiger partial charge on any atom is 0.180 e. The van der Waals surface area contributed by atoms with Crippen molar-refractivity contribution in [1.29, 1.82) is 0 Å². The second-order valence-electron chi connectivity index (χ2n) is 6.78. The Hall–Kier alpha value is -2.02. The standard InChI is InChI=1S/C18H24N4O2S/c1-12-13(2)20-18(16-9-4-5-10-19-16)22-17(12)21-14-7-6-8-15(11-14)25(3,23)24/h4-5,9-10,14-15H,6-8,11H2,1-3H3,(H,20,21,22). The first kappa shape index (κ1) is 17.8. The van der Waals surface area contributed by atoms with E-state index in [9.17, 15) is 8.42 Å². The topological polar surface area (TPSA) is 84.8 Å². The van der Waals surface area contributed by atoms with Crippen LogP contribution in [-0.4, -0.2) is 40.9 Å². The van der Waals surface area contributed by atoms with Gasteiger partial charge in [0.05, 0.1) is 5.25 Å². The van der Waals surface area contributed by atoms with Crippen LogP contribution in [-0.2, 0) is 9.84 Å². The summed E-state index contributed by atoms with van der Waals surface area (Å²) in [6, 6.07) is 5.76. The van der Waals surface area contributed by atoms with Crippen molar-refractivity contribution >= 4 is 15.7 Å². The van der Waals surface area contributed by atoms with Gasteiger partial charge in [0.25, 0.3) is 0 Å². The predicted molar refractivity (Wildman–Crippen MR) is 99.2 cm³/mol. The maximum atomic E-state index is 11.9. The monoisotopic (exact) mass is 360 g/mol. The molecule has 1 fully saturated rings. The lowest BCUT2D eigenvalue weighted by Crippen LogP contribution is -2.34. The molecule has 0 aliphatic heterocycles. The Morgan fingerprint density at radius 1 is 1.16 bits per heavy atom. The van der Waals surface area contributed by atoms with Crippen LogP contribution in [0.2, 0.25) is 0 Å². The van der Waals surface area contributed by atoms with Crippen LogP contribution in [0.1, 0.15) is 36.9 Å². The molecule has 2 unspecified atom stereocenters. The number of nitrogens with one attached hydrogen (secondary N) is 1. The minimum Gasteiger partial charge on any atom is -0.367 e. The van der Waals surface area contributed by atoms with Gasteiger partial charge in [-0.05, 0) is 45.2 Å². The van der Waals surface area contributed by atoms with Crippen molar-refractivity contribution in [2.24, 2.45) is 0 Å². The maximum absolute atomic E-state index is 11.9. The number of hydrogen-bond acceptors (Lipinski definition) is 6. The normalized spacial score (nSPS) is 21.1. The van der Waals surface area contributed by atoms with E-state index < -0.39 is 9.84 Å². The van der Waals surface area contributed by atoms with E-state index in [-0.39, 0.29) is 11.3 Å². The summed E-state index contributed by atoms with van der Waals surface area (Å²) in [5.41, 5.74) is 2.61. The Labute approximate surface area is 149 Å². The summed E-state index contributed by atoms with van der Waals surface area (Å²) in [4.78, 5) is 13.5. The van der Waals surface area contributed by atoms with Crippen LogP contribution in [0.5, 0.6) is 0 Å². The Balaban J connectivity index is 1.86. The molecular formula is C18H24N4O2S. The van der Waals surface area contributed by atoms with Gasteiger partial charge in [0.2, 0.25) is 0 Å². The summed E-state index contributed by atoms with van der Waals surface area (Å²) in [5, 5.41) is 3.19. The van der Waals surface area contributed by atoms with Gasteiger partial charge >= 0.3 is 0 Å². The number of rotatable bonds is 4. The zero-order valence-electron chi connectivity index (χ0n) is 14.9. The molecule has 0 saturated heterocycles. The van der Waals surface area contributed by atoms with Crippen molar-refractivity contribution in [3.8, 4) is 11.5 Å². The van der Waals surface area contributed by atoms with E-state index in [2.05, 4.69) is 20.3 Å². The van der Waals surface area contributed by atoms with E-state index >= 15 is 0 Å². The lowest BCUT2D eigenvalue weighted by atomic mass is 9.95. The molecule has 3 rings (SSSR count). The van der Waals surface area contributed by atoms with Gasteiger partial charge in [-0.25, -0.2) is 18.4 Å². The summed E-state index contributed by atoms with van der Waals surface area (Å²) in [5.74, 6) is 1.36. The SMILES string of the molecule is Cc1nc(-c2ccccn2)nc(NC2CCCC(S(C)(=O)=O)C2)c1C. The fourth-order valence-corrected chi connectivity index (χ4v) is 4.41. The molecule has 7 heteroatoms. The van der Waals surface area contributed by atoms with E-state index in [0.29, 0.717) is 12.2 Å². The zero-order chi connectivity index (χ0) is 18.0. The highest BCUT2D eigenvalue weighted by Crippen LogP contribution is 2.28. The van der Waals surface area contributed by atoms with Gasteiger partial charge in [-0.15, -0.1) is 0 Å². The number of aryl methyl sites for hydroxylation is 1. The van der Waals surface area contributed by atoms with Crippen molar-refractivity contribution in [1.82, 2.24) is 15.0 Å². The fourth-order valence-electron chi connectivity index (χ4n) is 3.24. The molecule has 0 amide bonds. The second-order valence-corrected chi connectivity index (χ2v) is 9.11. The smallest absolute Gasteiger partial charge is 0.180 e. The summed E-state index contributed by atoms with van der Waals surface area (Å²) in [7, 11) is -3.00. The quantitative estimate of drug-likeness (QED) is 0.902. The van der Waals surface area contributed by atoms with Crippen LogP contribution in [0.25, 0.3) is 11.5 Å². The molecule has 1 saturated carbocycles. The van der Waals surface area contributed by atoms with E-state index in [0.717, 1.165) is 42.0 Å². The van der Waals surface area contributed by atoms with Crippen LogP contribution >= 0.6 is 0 Å². The largest absolute Gasteiger partial charge is 0.367 e. The molecular weight excluding hydrogens is 336 g/mol. The Morgan fingerprint density at radius 3 is 2.64 bits per heavy atom. The molecule has 0 bridgehead atoms. The third-order valence-corrected chi connectivity index (χ3v) is 6.49. The molecule has 1 aliphatic rings. The predicted octanol–water partition coefficient (Wildman–Crippen LogP) is 2.92. The third-order valence-electron chi connectivity index (χ3n) is 4.86. The van der Waals surface area contributed by atoms with Gasteiger partial charge in [-0.2, -0.15) is 0 Å². The van der Waals surface area contributed by atoms with Crippen LogP contribution in [0.4, 0.5) is 5.82 Å². The minimum atomic E-state index is -3.00. The van der Waals surface area contributed by atoms with Crippen molar-refractivity contribution in [2.45, 2.75) is 50.8 Å². The van der Waals surface area contributed by atoms with Gasteiger partial charge in [-0.3, -0.25) is 4.98 Å². The molecule has 2 atom stereocenters. The first-order valence-electron chi connectivity index (χ1n) is 8.56. The second kappa shape index (κ2) is 7.07. The molecule has 134 valence electrons. The van der Waals surface area contributed by atoms with Gasteiger partial charge in [0, 0.05) is 29.8 Å². The highest BCUT2D eigenvalue weighted by atomic mass is 32.2. The first-order chi connectivity index (χ1) is 11.8. The fraction of sp³-hybridized carbons (Fsp3) is 0.500. The highest BCUT2D eigenvalue weighted by molar-refractivity contribution is 7.91. The van der Waals surface area contributed by atoms with Gasteiger partial charge in [-0.1, -0.05) is 12.5 Å². The van der Waals surface area contributed by atoms with Crippen molar-refractivity contribution in [3.63, 3.8) is 0 Å². The summed E-state index contributed by atoms with van der Waals surface area (Å²) in [6.45, 7) is 3.94. The Morgan fingerprint density at radius 2 is 1.96 bits per heavy atom. The molecule has 25 heavy (non-hydrogen) atoms. The summed E-state index contributed by atoms with van der Waals surface area (Å²) < 4.78 is 23.8. The number of pyridine rings is 1. The van der Waals surface area contributed by atoms with Crippen molar-refractivity contribution in [3.05, 3.63) is 35.7 Å². The molecule has 0 spiro atoms. The third kappa shape index (κ3) is 4.15. The molecule has 2 aromatic heterocycles. The van der Waals surface area contributed by atoms with Crippen LogP contribution in [0.15, 0.2) is 24.4 Å². The molecule has 1 N–H and O–H groups in total. The number of anilines is 1. The molecule has 6 nitrogen and oxygen atoms in total. The lowest BCUT2D eigenvalue weighted by molar-refractivity contribution is 0.452. The number of aromatic nitrogens is 3. The minimum absolute atomic E-state index is 0.109. The Bertz CT molecular complexity index is 853. The van der Waals surface area contributed by atoms with Gasteiger partial charge in [0.15, 0.2) is 5.82 Å². The van der Waals surface area contributed by atoms with Crippen molar-refractivity contribution in [2.75, 3.05) is 11.6 Å². The summed E-state index contributed by atoms with van der Waals surface area (Å²) >= 11 is 0. The Kier molecular flexibility index (Phi) is 5.03. The zero-order valence-corrected chi connectivity index (χ0v) is 15.7. The van der Waals surface area contributed by atoms with E-state index in [1.165, 1.54) is 6.26 Å². The average molecular weight is 360 g/mol. The van der Waals surface area contributed by atoms with E-state index in [1.54, 1.807) is 6.20 Å². The highest BCUT2D eigenvalue weighted by Gasteiger charge is 2.29. The van der Waals surface area contributed by atoms with Gasteiger partial charge < -0.3 is 5.32 Å². The van der Waals surface area contributed by atoms with Crippen molar-refractivity contribution < 1.29 is 8.42 Å². The van der Waals surface area contributed by atoms with Crippen LogP contribution in [0.3, 0.4) is 0 Å². The van der Waals surface area contributed by atoms with Crippen LogP contribution < -0.4 is 5.32 Å². The average Bonchev–Trinajstić information content (AvgIpc) is 2.59. The molecule has 1 aliphatic carbocycles. The molecule has 2 heterocycles. The molecule has 2 aromatic rings. The molecule has 0 aromatic carbocycles. The lowest BCUT2D eigenvalue weighted by Gasteiger charge is -2.29. The number of sulfone groups is 1. The van der Waals surface area contributed by atoms with Crippen LogP contribution in [0, 0.1) is 13.8 Å². The first-order valence-corrected chi connectivity index (χ1v) is 10.5. The molecule has 0 radical (unpaired) electrons. The van der Waals surface area contributed by atoms with E-state index in [4.69, 9.17) is 0 Å². The summed E-state index contributed by atoms with van der Waals surface area (Å²) in [6.07, 6.45) is 6.29.